The summed E-state index contributed by atoms with van der Waals surface area (Å²) in [6.45, 7) is 3.41. The van der Waals surface area contributed by atoms with Crippen LogP contribution in [-0.4, -0.2) is 41.1 Å². The molecule has 0 spiro atoms. The van der Waals surface area contributed by atoms with E-state index in [9.17, 15) is 0 Å². The average molecular weight is 208 g/mol. The first kappa shape index (κ1) is 10.6. The summed E-state index contributed by atoms with van der Waals surface area (Å²) in [6, 6.07) is 0.443. The summed E-state index contributed by atoms with van der Waals surface area (Å²) < 4.78 is 2.02. The van der Waals surface area contributed by atoms with Gasteiger partial charge in [-0.25, -0.2) is 4.98 Å². The normalized spacial score (nSPS) is 19.6. The Labute approximate surface area is 91.3 Å². The number of aryl methyl sites for hydroxylation is 1. The van der Waals surface area contributed by atoms with Crippen LogP contribution in [0.2, 0.25) is 0 Å². The molecule has 0 radical (unpaired) electrons. The maximum Gasteiger partial charge on any atom is 0.0947 e. The monoisotopic (exact) mass is 208 g/mol. The lowest BCUT2D eigenvalue weighted by atomic mass is 10.2. The second-order valence-electron chi connectivity index (χ2n) is 4.28. The van der Waals surface area contributed by atoms with Gasteiger partial charge in [-0.3, -0.25) is 4.90 Å². The van der Waals surface area contributed by atoms with Crippen LogP contribution >= 0.6 is 0 Å². The van der Waals surface area contributed by atoms with Gasteiger partial charge in [-0.1, -0.05) is 0 Å². The Bertz CT molecular complexity index is 301. The topological polar surface area (TPSA) is 33.1 Å². The van der Waals surface area contributed by atoms with E-state index in [1.165, 1.54) is 31.6 Å². The number of likely N-dealkylation sites (tertiary alicyclic amines) is 1. The van der Waals surface area contributed by atoms with Crippen molar-refractivity contribution in [2.24, 2.45) is 7.05 Å². The highest BCUT2D eigenvalue weighted by atomic mass is 15.2. The second kappa shape index (κ2) is 4.77. The van der Waals surface area contributed by atoms with Gasteiger partial charge in [0.2, 0.25) is 0 Å². The van der Waals surface area contributed by atoms with Gasteiger partial charge in [0.25, 0.3) is 0 Å². The molecule has 1 aromatic rings. The van der Waals surface area contributed by atoms with Crippen LogP contribution in [0.4, 0.5) is 0 Å². The third-order valence-corrected chi connectivity index (χ3v) is 3.05. The van der Waals surface area contributed by atoms with Gasteiger partial charge in [-0.15, -0.1) is 0 Å². The van der Waals surface area contributed by atoms with Crippen molar-refractivity contribution < 1.29 is 0 Å². The van der Waals surface area contributed by atoms with Crippen LogP contribution in [0.5, 0.6) is 0 Å². The minimum absolute atomic E-state index is 0.443. The van der Waals surface area contributed by atoms with E-state index >= 15 is 0 Å². The molecule has 0 amide bonds. The molecule has 2 heterocycles. The van der Waals surface area contributed by atoms with Crippen LogP contribution in [0.25, 0.3) is 0 Å². The van der Waals surface area contributed by atoms with Crippen molar-refractivity contribution in [3.8, 4) is 0 Å². The van der Waals surface area contributed by atoms with Crippen molar-refractivity contribution in [3.63, 3.8) is 0 Å². The first-order chi connectivity index (χ1) is 7.31. The smallest absolute Gasteiger partial charge is 0.0947 e. The molecule has 1 atom stereocenters. The van der Waals surface area contributed by atoms with Crippen molar-refractivity contribution in [2.75, 3.05) is 26.7 Å². The highest BCUT2D eigenvalue weighted by Gasteiger charge is 2.24. The Morgan fingerprint density at radius 3 is 2.73 bits per heavy atom. The van der Waals surface area contributed by atoms with Gasteiger partial charge in [-0.2, -0.15) is 0 Å². The highest BCUT2D eigenvalue weighted by molar-refractivity contribution is 5.05. The summed E-state index contributed by atoms with van der Waals surface area (Å²) in [7, 11) is 4.03. The van der Waals surface area contributed by atoms with E-state index in [1.807, 2.05) is 25.0 Å². The van der Waals surface area contributed by atoms with Crippen molar-refractivity contribution >= 4 is 0 Å². The first-order valence-electron chi connectivity index (χ1n) is 5.68. The zero-order valence-electron chi connectivity index (χ0n) is 9.61. The van der Waals surface area contributed by atoms with Crippen LogP contribution in [0.3, 0.4) is 0 Å². The average Bonchev–Trinajstić information content (AvgIpc) is 2.85. The standard InChI is InChI=1S/C11H20N4/c1-12-7-11(15-5-3-4-6-15)10-8-14(2)9-13-10/h8-9,11-12H,3-7H2,1-2H3. The summed E-state index contributed by atoms with van der Waals surface area (Å²) in [5, 5.41) is 3.26. The summed E-state index contributed by atoms with van der Waals surface area (Å²) in [5.74, 6) is 0. The van der Waals surface area contributed by atoms with E-state index in [1.54, 1.807) is 0 Å². The number of hydrogen-bond acceptors (Lipinski definition) is 3. The van der Waals surface area contributed by atoms with E-state index in [0.717, 1.165) is 6.54 Å². The number of hydrogen-bond donors (Lipinski definition) is 1. The maximum atomic E-state index is 4.46. The van der Waals surface area contributed by atoms with Crippen molar-refractivity contribution in [1.29, 1.82) is 0 Å². The lowest BCUT2D eigenvalue weighted by Gasteiger charge is -2.25. The van der Waals surface area contributed by atoms with Crippen LogP contribution in [0.1, 0.15) is 24.6 Å². The second-order valence-corrected chi connectivity index (χ2v) is 4.28. The van der Waals surface area contributed by atoms with E-state index in [4.69, 9.17) is 0 Å². The molecule has 4 nitrogen and oxygen atoms in total. The van der Waals surface area contributed by atoms with E-state index in [0.29, 0.717) is 6.04 Å². The zero-order valence-corrected chi connectivity index (χ0v) is 9.61. The van der Waals surface area contributed by atoms with Gasteiger partial charge < -0.3 is 9.88 Å². The Balaban J connectivity index is 2.11. The fraction of sp³-hybridized carbons (Fsp3) is 0.727. The third kappa shape index (κ3) is 2.38. The highest BCUT2D eigenvalue weighted by Crippen LogP contribution is 2.22. The molecule has 2 rings (SSSR count). The van der Waals surface area contributed by atoms with Crippen molar-refractivity contribution in [2.45, 2.75) is 18.9 Å². The Hall–Kier alpha value is -0.870. The number of likely N-dealkylation sites (N-methyl/N-ethyl adjacent to an activating group) is 1. The van der Waals surface area contributed by atoms with Crippen molar-refractivity contribution in [1.82, 2.24) is 19.8 Å². The molecule has 0 aliphatic carbocycles. The largest absolute Gasteiger partial charge is 0.340 e. The molecule has 1 saturated heterocycles. The van der Waals surface area contributed by atoms with Gasteiger partial charge in [0.15, 0.2) is 0 Å². The molecule has 0 saturated carbocycles. The predicted octanol–water partition coefficient (Wildman–Crippen LogP) is 0.776. The number of aromatic nitrogens is 2. The van der Waals surface area contributed by atoms with E-state index in [-0.39, 0.29) is 0 Å². The molecule has 0 bridgehead atoms. The lowest BCUT2D eigenvalue weighted by molar-refractivity contribution is 0.238. The zero-order chi connectivity index (χ0) is 10.7. The molecule has 1 aliphatic rings. The molecule has 0 aromatic carbocycles. The number of imidazole rings is 1. The Morgan fingerprint density at radius 2 is 2.20 bits per heavy atom. The fourth-order valence-corrected chi connectivity index (χ4v) is 2.27. The number of nitrogens with zero attached hydrogens (tertiary/aromatic N) is 3. The molecule has 15 heavy (non-hydrogen) atoms. The van der Waals surface area contributed by atoms with Crippen LogP contribution in [0, 0.1) is 0 Å². The molecule has 1 aromatic heterocycles. The van der Waals surface area contributed by atoms with Gasteiger partial charge in [0, 0.05) is 19.8 Å². The van der Waals surface area contributed by atoms with Gasteiger partial charge in [-0.05, 0) is 33.0 Å². The lowest BCUT2D eigenvalue weighted by Crippen LogP contribution is -2.33. The van der Waals surface area contributed by atoms with Crippen LogP contribution < -0.4 is 5.32 Å². The minimum Gasteiger partial charge on any atom is -0.340 e. The molecule has 1 N–H and O–H groups in total. The van der Waals surface area contributed by atoms with Gasteiger partial charge in [0.05, 0.1) is 18.1 Å². The maximum absolute atomic E-state index is 4.46. The number of rotatable bonds is 4. The third-order valence-electron chi connectivity index (χ3n) is 3.05. The molecule has 4 heteroatoms. The number of nitrogens with one attached hydrogen (secondary N) is 1. The minimum atomic E-state index is 0.443. The first-order valence-corrected chi connectivity index (χ1v) is 5.68. The molecular formula is C11H20N4. The molecule has 84 valence electrons. The Morgan fingerprint density at radius 1 is 1.47 bits per heavy atom. The van der Waals surface area contributed by atoms with Crippen LogP contribution in [-0.2, 0) is 7.05 Å². The fourth-order valence-electron chi connectivity index (χ4n) is 2.27. The molecule has 1 fully saturated rings. The van der Waals surface area contributed by atoms with Gasteiger partial charge in [0.1, 0.15) is 0 Å². The quantitative estimate of drug-likeness (QED) is 0.793. The Kier molecular flexibility index (Phi) is 3.38. The van der Waals surface area contributed by atoms with Crippen molar-refractivity contribution in [3.05, 3.63) is 18.2 Å². The summed E-state index contributed by atoms with van der Waals surface area (Å²) >= 11 is 0. The molecular weight excluding hydrogens is 188 g/mol. The molecule has 1 aliphatic heterocycles. The van der Waals surface area contributed by atoms with Crippen LogP contribution in [0.15, 0.2) is 12.5 Å². The van der Waals surface area contributed by atoms with E-state index < -0.39 is 0 Å². The summed E-state index contributed by atoms with van der Waals surface area (Å²) in [6.07, 6.45) is 6.66. The summed E-state index contributed by atoms with van der Waals surface area (Å²) in [5.41, 5.74) is 1.19. The molecule has 1 unspecified atom stereocenters. The summed E-state index contributed by atoms with van der Waals surface area (Å²) in [4.78, 5) is 6.99. The van der Waals surface area contributed by atoms with Gasteiger partial charge >= 0.3 is 0 Å². The van der Waals surface area contributed by atoms with E-state index in [2.05, 4.69) is 21.4 Å². The predicted molar refractivity (Wildman–Crippen MR) is 60.7 cm³/mol. The SMILES string of the molecule is CNCC(c1cn(C)cn1)N1CCCC1.